The zero-order chi connectivity index (χ0) is 11.1. The molecule has 0 unspecified atom stereocenters. The van der Waals surface area contributed by atoms with E-state index in [1.165, 1.54) is 0 Å². The fourth-order valence-electron chi connectivity index (χ4n) is 2.07. The van der Waals surface area contributed by atoms with E-state index in [0.29, 0.717) is 23.5 Å². The zero-order valence-electron chi connectivity index (χ0n) is 8.27. The molecule has 0 aliphatic carbocycles. The number of halogens is 1. The van der Waals surface area contributed by atoms with Crippen LogP contribution in [-0.2, 0) is 4.65 Å². The summed E-state index contributed by atoms with van der Waals surface area (Å²) in [6.07, 6.45) is -0.320. The van der Waals surface area contributed by atoms with Crippen molar-refractivity contribution in [3.8, 4) is 11.5 Å². The van der Waals surface area contributed by atoms with E-state index in [-0.39, 0.29) is 12.9 Å². The van der Waals surface area contributed by atoms with Gasteiger partial charge in [-0.3, -0.25) is 0 Å². The van der Waals surface area contributed by atoms with Gasteiger partial charge in [0.25, 0.3) is 0 Å². The summed E-state index contributed by atoms with van der Waals surface area (Å²) in [5.74, 6) is 1.32. The molecule has 2 aliphatic heterocycles. The monoisotopic (exact) mass is 241 g/mol. The van der Waals surface area contributed by atoms with E-state index in [4.69, 9.17) is 25.9 Å². The Bertz CT molecular complexity index is 430. The highest BCUT2D eigenvalue weighted by Gasteiger charge is 2.39. The molecular formula is C9H9BClNO4. The Hall–Kier alpha value is -0.945. The van der Waals surface area contributed by atoms with E-state index >= 15 is 0 Å². The Morgan fingerprint density at radius 2 is 2.38 bits per heavy atom. The minimum absolute atomic E-state index is 0.197. The van der Waals surface area contributed by atoms with Crippen LogP contribution in [-0.4, -0.2) is 25.5 Å². The Labute approximate surface area is 97.5 Å². The van der Waals surface area contributed by atoms with Crippen LogP contribution in [0, 0.1) is 0 Å². The van der Waals surface area contributed by atoms with Crippen molar-refractivity contribution in [3.05, 3.63) is 17.7 Å². The second kappa shape index (κ2) is 3.82. The fraction of sp³-hybridized carbons (Fsp3) is 0.333. The van der Waals surface area contributed by atoms with Gasteiger partial charge < -0.3 is 19.2 Å². The van der Waals surface area contributed by atoms with Gasteiger partial charge >= 0.3 is 7.12 Å². The average molecular weight is 241 g/mol. The number of fused-ring (bicyclic) bond motifs is 3. The number of rotatable bonds is 2. The van der Waals surface area contributed by atoms with E-state index in [9.17, 15) is 5.02 Å². The van der Waals surface area contributed by atoms with E-state index in [0.717, 1.165) is 5.56 Å². The van der Waals surface area contributed by atoms with Gasteiger partial charge in [-0.25, -0.2) is 4.84 Å². The molecule has 7 heteroatoms. The van der Waals surface area contributed by atoms with Crippen molar-refractivity contribution in [3.63, 3.8) is 0 Å². The summed E-state index contributed by atoms with van der Waals surface area (Å²) < 4.78 is 16.0. The molecule has 0 saturated heterocycles. The quantitative estimate of drug-likeness (QED) is 0.560. The fourth-order valence-corrected chi connectivity index (χ4v) is 2.21. The van der Waals surface area contributed by atoms with Crippen molar-refractivity contribution in [1.82, 2.24) is 4.84 Å². The first-order chi connectivity index (χ1) is 7.81. The Morgan fingerprint density at radius 1 is 1.50 bits per heavy atom. The molecule has 0 aromatic heterocycles. The van der Waals surface area contributed by atoms with Gasteiger partial charge in [0, 0.05) is 12.1 Å². The number of ether oxygens (including phenoxy) is 2. The van der Waals surface area contributed by atoms with Gasteiger partial charge in [0.2, 0.25) is 6.79 Å². The summed E-state index contributed by atoms with van der Waals surface area (Å²) in [5, 5.41) is 9.72. The number of nitrogens with one attached hydrogen (secondary N) is 1. The lowest BCUT2D eigenvalue weighted by molar-refractivity contribution is 0.165. The summed E-state index contributed by atoms with van der Waals surface area (Å²) in [5.41, 5.74) is 1.52. The third-order valence-electron chi connectivity index (χ3n) is 2.76. The molecule has 16 heavy (non-hydrogen) atoms. The average Bonchev–Trinajstić information content (AvgIpc) is 2.84. The van der Waals surface area contributed by atoms with Crippen molar-refractivity contribution in [2.75, 3.05) is 13.3 Å². The summed E-state index contributed by atoms with van der Waals surface area (Å²) in [4.78, 5) is 2.50. The molecule has 3 rings (SSSR count). The van der Waals surface area contributed by atoms with Crippen molar-refractivity contribution in [1.29, 1.82) is 0 Å². The van der Waals surface area contributed by atoms with Gasteiger partial charge in [0.1, 0.15) is 0 Å². The number of hydrogen-bond donors (Lipinski definition) is 2. The lowest BCUT2D eigenvalue weighted by Crippen LogP contribution is -2.27. The molecule has 2 heterocycles. The van der Waals surface area contributed by atoms with Crippen molar-refractivity contribution in [2.24, 2.45) is 0 Å². The number of benzene rings is 1. The van der Waals surface area contributed by atoms with Crippen LogP contribution in [0.4, 0.5) is 0 Å². The lowest BCUT2D eigenvalue weighted by Gasteiger charge is -2.12. The highest BCUT2D eigenvalue weighted by molar-refractivity contribution is 6.62. The van der Waals surface area contributed by atoms with Crippen molar-refractivity contribution in [2.45, 2.75) is 6.10 Å². The van der Waals surface area contributed by atoms with Crippen LogP contribution >= 0.6 is 11.8 Å². The molecule has 1 atom stereocenters. The molecule has 0 radical (unpaired) electrons. The first kappa shape index (κ1) is 10.2. The first-order valence-electron chi connectivity index (χ1n) is 4.90. The predicted octanol–water partition coefficient (Wildman–Crippen LogP) is -0.0825. The van der Waals surface area contributed by atoms with Crippen LogP contribution in [0.5, 0.6) is 11.5 Å². The third-order valence-corrected chi connectivity index (χ3v) is 2.91. The van der Waals surface area contributed by atoms with Crippen LogP contribution in [0.1, 0.15) is 11.7 Å². The second-order valence-corrected chi connectivity index (χ2v) is 3.88. The van der Waals surface area contributed by atoms with Crippen LogP contribution in [0.3, 0.4) is 0 Å². The maximum atomic E-state index is 9.72. The van der Waals surface area contributed by atoms with Crippen LogP contribution < -0.4 is 19.8 Å². The van der Waals surface area contributed by atoms with Crippen LogP contribution in [0.15, 0.2) is 12.1 Å². The molecule has 0 saturated carbocycles. The minimum atomic E-state index is -0.931. The molecule has 0 amide bonds. The molecule has 2 N–H and O–H groups in total. The molecule has 1 aromatic rings. The van der Waals surface area contributed by atoms with Gasteiger partial charge in [-0.2, -0.15) is 0 Å². The molecule has 0 fully saturated rings. The topological polar surface area (TPSA) is 60.0 Å². The van der Waals surface area contributed by atoms with Crippen molar-refractivity contribution >= 4 is 24.4 Å². The molecule has 2 aliphatic rings. The summed E-state index contributed by atoms with van der Waals surface area (Å²) in [6, 6.07) is 3.55. The summed E-state index contributed by atoms with van der Waals surface area (Å²) in [7, 11) is -0.931. The smallest absolute Gasteiger partial charge is 0.454 e. The van der Waals surface area contributed by atoms with E-state index in [2.05, 4.69) is 4.84 Å². The Kier molecular flexibility index (Phi) is 2.44. The summed E-state index contributed by atoms with van der Waals surface area (Å²) in [6.45, 7) is 0.592. The normalized spacial score (nSPS) is 21.4. The van der Waals surface area contributed by atoms with Gasteiger partial charge in [-0.1, -0.05) is 6.07 Å². The number of hydrogen-bond acceptors (Lipinski definition) is 5. The molecule has 0 bridgehead atoms. The van der Waals surface area contributed by atoms with Gasteiger partial charge in [0.05, 0.1) is 6.10 Å². The first-order valence-corrected chi connectivity index (χ1v) is 5.28. The largest absolute Gasteiger partial charge is 0.492 e. The Balaban J connectivity index is 2.09. The van der Waals surface area contributed by atoms with Crippen molar-refractivity contribution < 1.29 is 19.2 Å². The van der Waals surface area contributed by atoms with Gasteiger partial charge in [-0.05, 0) is 23.3 Å². The minimum Gasteiger partial charge on any atom is -0.454 e. The third kappa shape index (κ3) is 1.38. The molecule has 5 nitrogen and oxygen atoms in total. The van der Waals surface area contributed by atoms with Gasteiger partial charge in [-0.15, -0.1) is 0 Å². The molecule has 1 aromatic carbocycles. The van der Waals surface area contributed by atoms with Crippen LogP contribution in [0.25, 0.3) is 0 Å². The van der Waals surface area contributed by atoms with E-state index in [1.54, 1.807) is 12.1 Å². The molecule has 84 valence electrons. The predicted molar refractivity (Wildman–Crippen MR) is 57.9 cm³/mol. The zero-order valence-corrected chi connectivity index (χ0v) is 9.03. The maximum absolute atomic E-state index is 9.72. The maximum Gasteiger partial charge on any atom is 0.492 e. The van der Waals surface area contributed by atoms with Gasteiger partial charge in [0.15, 0.2) is 11.5 Å². The summed E-state index contributed by atoms with van der Waals surface area (Å²) >= 11 is 5.46. The highest BCUT2D eigenvalue weighted by Crippen LogP contribution is 2.41. The van der Waals surface area contributed by atoms with E-state index < -0.39 is 7.12 Å². The molecular weight excluding hydrogens is 232 g/mol. The highest BCUT2D eigenvalue weighted by atomic mass is 35.5. The SMILES string of the molecule is OB1O[C@H](CNCl)c2c1ccc1c2OCO1. The standard InChI is InChI=1S/C9H9BClNO4/c11-12-3-7-8-5(10(13)16-7)1-2-6-9(8)15-4-14-6/h1-2,7,12-13H,3-4H2/t7-/m1/s1. The van der Waals surface area contributed by atoms with E-state index in [1.807, 2.05) is 0 Å². The van der Waals surface area contributed by atoms with Crippen LogP contribution in [0.2, 0.25) is 0 Å². The lowest BCUT2D eigenvalue weighted by atomic mass is 9.79. The Morgan fingerprint density at radius 3 is 3.19 bits per heavy atom. The molecule has 0 spiro atoms. The second-order valence-electron chi connectivity index (χ2n) is 3.62.